The van der Waals surface area contributed by atoms with E-state index in [1.54, 1.807) is 0 Å². The Morgan fingerprint density at radius 1 is 1.08 bits per heavy atom. The molecule has 1 aliphatic heterocycles. The molecular weight excluding hydrogens is 340 g/mol. The number of hydrogen-bond donors (Lipinski definition) is 2. The summed E-state index contributed by atoms with van der Waals surface area (Å²) in [4.78, 5) is 37.2. The quantitative estimate of drug-likeness (QED) is 0.731. The Morgan fingerprint density at radius 2 is 1.76 bits per heavy atom. The van der Waals surface area contributed by atoms with Crippen molar-refractivity contribution in [2.24, 2.45) is 0 Å². The normalized spacial score (nSPS) is 15.4. The highest BCUT2D eigenvalue weighted by Crippen LogP contribution is 2.11. The number of carbonyl (C=O) groups is 3. The average molecular weight is 364 g/mol. The van der Waals surface area contributed by atoms with Crippen molar-refractivity contribution in [2.45, 2.75) is 31.7 Å². The molecule has 2 amide bonds. The van der Waals surface area contributed by atoms with Gasteiger partial charge in [0.2, 0.25) is 11.8 Å². The second-order valence-electron chi connectivity index (χ2n) is 6.08. The number of benzene rings is 1. The molecular formula is C18H24N2O4S. The number of carboxylic acid groups (broad SMARTS) is 1. The van der Waals surface area contributed by atoms with Gasteiger partial charge in [0.05, 0.1) is 11.5 Å². The molecule has 0 saturated carbocycles. The Morgan fingerprint density at radius 3 is 2.40 bits per heavy atom. The zero-order valence-electron chi connectivity index (χ0n) is 14.1. The molecule has 136 valence electrons. The maximum atomic E-state index is 12.0. The standard InChI is InChI=1S/C18H24N2O4S/c21-16(12-25-13-17(22)20-9-5-2-6-10-20)19-15(18(23)24)11-14-7-3-1-4-8-14/h1,3-4,7-8,15H,2,5-6,9-13H2,(H,19,21)(H,23,24)/t15-/m1/s1. The van der Waals surface area contributed by atoms with Crippen LogP contribution in [0.25, 0.3) is 0 Å². The summed E-state index contributed by atoms with van der Waals surface area (Å²) in [6.45, 7) is 1.59. The van der Waals surface area contributed by atoms with Gasteiger partial charge in [-0.05, 0) is 24.8 Å². The van der Waals surface area contributed by atoms with Crippen LogP contribution in [0.2, 0.25) is 0 Å². The lowest BCUT2D eigenvalue weighted by Gasteiger charge is -2.26. The molecule has 1 atom stereocenters. The highest BCUT2D eigenvalue weighted by molar-refractivity contribution is 8.00. The zero-order chi connectivity index (χ0) is 18.1. The van der Waals surface area contributed by atoms with Crippen molar-refractivity contribution < 1.29 is 19.5 Å². The number of likely N-dealkylation sites (tertiary alicyclic amines) is 1. The summed E-state index contributed by atoms with van der Waals surface area (Å²) >= 11 is 1.23. The van der Waals surface area contributed by atoms with Crippen LogP contribution in [0.5, 0.6) is 0 Å². The van der Waals surface area contributed by atoms with Crippen molar-refractivity contribution in [1.82, 2.24) is 10.2 Å². The van der Waals surface area contributed by atoms with Gasteiger partial charge < -0.3 is 15.3 Å². The number of thioether (sulfide) groups is 1. The predicted octanol–water partition coefficient (Wildman–Crippen LogP) is 1.54. The summed E-state index contributed by atoms with van der Waals surface area (Å²) in [5.74, 6) is -1.04. The third kappa shape index (κ3) is 6.78. The second kappa shape index (κ2) is 10.1. The minimum absolute atomic E-state index is 0.0524. The largest absolute Gasteiger partial charge is 0.480 e. The fraction of sp³-hybridized carbons (Fsp3) is 0.500. The molecule has 25 heavy (non-hydrogen) atoms. The van der Waals surface area contributed by atoms with E-state index in [0.717, 1.165) is 37.9 Å². The van der Waals surface area contributed by atoms with Crippen LogP contribution in [0.15, 0.2) is 30.3 Å². The van der Waals surface area contributed by atoms with Crippen molar-refractivity contribution in [1.29, 1.82) is 0 Å². The van der Waals surface area contributed by atoms with E-state index < -0.39 is 12.0 Å². The summed E-state index contributed by atoms with van der Waals surface area (Å²) in [6, 6.07) is 8.21. The van der Waals surface area contributed by atoms with Gasteiger partial charge in [0.25, 0.3) is 0 Å². The van der Waals surface area contributed by atoms with Crippen molar-refractivity contribution >= 4 is 29.5 Å². The van der Waals surface area contributed by atoms with Crippen LogP contribution in [-0.4, -0.2) is 58.4 Å². The lowest BCUT2D eigenvalue weighted by Crippen LogP contribution is -2.43. The fourth-order valence-corrected chi connectivity index (χ4v) is 3.48. The van der Waals surface area contributed by atoms with Gasteiger partial charge in [0.1, 0.15) is 6.04 Å². The zero-order valence-corrected chi connectivity index (χ0v) is 15.0. The fourth-order valence-electron chi connectivity index (χ4n) is 2.75. The Labute approximate surface area is 152 Å². The van der Waals surface area contributed by atoms with Crippen LogP contribution in [0.4, 0.5) is 0 Å². The molecule has 0 spiro atoms. The number of rotatable bonds is 8. The van der Waals surface area contributed by atoms with Crippen molar-refractivity contribution in [3.63, 3.8) is 0 Å². The molecule has 1 saturated heterocycles. The molecule has 1 fully saturated rings. The predicted molar refractivity (Wildman–Crippen MR) is 97.5 cm³/mol. The first-order valence-electron chi connectivity index (χ1n) is 8.48. The number of carboxylic acids is 1. The summed E-state index contributed by atoms with van der Waals surface area (Å²) in [6.07, 6.45) is 3.48. The molecule has 0 unspecified atom stereocenters. The van der Waals surface area contributed by atoms with Gasteiger partial charge in [-0.3, -0.25) is 9.59 Å². The minimum atomic E-state index is -1.06. The molecule has 2 rings (SSSR count). The molecule has 1 aliphatic rings. The van der Waals surface area contributed by atoms with E-state index >= 15 is 0 Å². The van der Waals surface area contributed by atoms with Gasteiger partial charge in [0, 0.05) is 19.5 Å². The molecule has 0 aliphatic carbocycles. The lowest BCUT2D eigenvalue weighted by atomic mass is 10.1. The van der Waals surface area contributed by atoms with Crippen LogP contribution >= 0.6 is 11.8 Å². The monoisotopic (exact) mass is 364 g/mol. The number of carbonyl (C=O) groups excluding carboxylic acids is 2. The van der Waals surface area contributed by atoms with E-state index in [9.17, 15) is 19.5 Å². The lowest BCUT2D eigenvalue weighted by molar-refractivity contribution is -0.141. The smallest absolute Gasteiger partial charge is 0.326 e. The second-order valence-corrected chi connectivity index (χ2v) is 7.07. The van der Waals surface area contributed by atoms with E-state index in [1.165, 1.54) is 11.8 Å². The Hall–Kier alpha value is -2.02. The van der Waals surface area contributed by atoms with Crippen LogP contribution in [0.3, 0.4) is 0 Å². The van der Waals surface area contributed by atoms with Gasteiger partial charge in [-0.15, -0.1) is 11.8 Å². The van der Waals surface area contributed by atoms with Gasteiger partial charge in [-0.1, -0.05) is 30.3 Å². The van der Waals surface area contributed by atoms with Gasteiger partial charge >= 0.3 is 5.97 Å². The molecule has 0 aromatic heterocycles. The highest BCUT2D eigenvalue weighted by Gasteiger charge is 2.21. The maximum absolute atomic E-state index is 12.0. The van der Waals surface area contributed by atoms with E-state index in [0.29, 0.717) is 0 Å². The summed E-state index contributed by atoms with van der Waals surface area (Å²) in [5.41, 5.74) is 0.850. The molecule has 1 aromatic carbocycles. The summed E-state index contributed by atoms with van der Waals surface area (Å²) in [7, 11) is 0. The van der Waals surface area contributed by atoms with E-state index in [2.05, 4.69) is 5.32 Å². The van der Waals surface area contributed by atoms with Crippen LogP contribution in [0, 0.1) is 0 Å². The van der Waals surface area contributed by atoms with Gasteiger partial charge in [0.15, 0.2) is 0 Å². The van der Waals surface area contributed by atoms with Crippen molar-refractivity contribution in [2.75, 3.05) is 24.6 Å². The number of amides is 2. The van der Waals surface area contributed by atoms with Crippen molar-refractivity contribution in [3.05, 3.63) is 35.9 Å². The molecule has 0 radical (unpaired) electrons. The Kier molecular flexibility index (Phi) is 7.78. The molecule has 1 aromatic rings. The molecule has 6 nitrogen and oxygen atoms in total. The number of nitrogens with one attached hydrogen (secondary N) is 1. The van der Waals surface area contributed by atoms with Crippen LogP contribution in [0.1, 0.15) is 24.8 Å². The van der Waals surface area contributed by atoms with E-state index in [4.69, 9.17) is 0 Å². The average Bonchev–Trinajstić information content (AvgIpc) is 2.62. The molecule has 1 heterocycles. The van der Waals surface area contributed by atoms with Gasteiger partial charge in [-0.2, -0.15) is 0 Å². The first-order chi connectivity index (χ1) is 12.1. The summed E-state index contributed by atoms with van der Waals surface area (Å²) < 4.78 is 0. The number of hydrogen-bond acceptors (Lipinski definition) is 4. The van der Waals surface area contributed by atoms with Crippen molar-refractivity contribution in [3.8, 4) is 0 Å². The van der Waals surface area contributed by atoms with Crippen LogP contribution < -0.4 is 5.32 Å². The molecule has 0 bridgehead atoms. The number of aliphatic carboxylic acids is 1. The minimum Gasteiger partial charge on any atom is -0.480 e. The third-order valence-corrected chi connectivity index (χ3v) is 5.00. The Balaban J connectivity index is 1.73. The van der Waals surface area contributed by atoms with Gasteiger partial charge in [-0.25, -0.2) is 4.79 Å². The SMILES string of the molecule is O=C(CSCC(=O)N1CCCCC1)N[C@H](Cc1ccccc1)C(=O)O. The number of nitrogens with zero attached hydrogens (tertiary/aromatic N) is 1. The highest BCUT2D eigenvalue weighted by atomic mass is 32.2. The summed E-state index contributed by atoms with van der Waals surface area (Å²) in [5, 5.41) is 11.8. The maximum Gasteiger partial charge on any atom is 0.326 e. The topological polar surface area (TPSA) is 86.7 Å². The molecule has 7 heteroatoms. The first-order valence-corrected chi connectivity index (χ1v) is 9.63. The third-order valence-electron chi connectivity index (χ3n) is 4.08. The Bertz CT molecular complexity index is 588. The van der Waals surface area contributed by atoms with E-state index in [1.807, 2.05) is 35.2 Å². The first kappa shape index (κ1) is 19.3. The molecule has 2 N–H and O–H groups in total. The van der Waals surface area contributed by atoms with Crippen LogP contribution in [-0.2, 0) is 20.8 Å². The van der Waals surface area contributed by atoms with E-state index in [-0.39, 0.29) is 29.7 Å². The number of piperidine rings is 1.